The summed E-state index contributed by atoms with van der Waals surface area (Å²) in [6, 6.07) is 7.26. The minimum atomic E-state index is -3.79. The van der Waals surface area contributed by atoms with Gasteiger partial charge in [0.1, 0.15) is 14.8 Å². The molecule has 1 saturated heterocycles. The molecule has 1 aliphatic heterocycles. The zero-order valence-electron chi connectivity index (χ0n) is 19.7. The van der Waals surface area contributed by atoms with Gasteiger partial charge in [-0.2, -0.15) is 0 Å². The van der Waals surface area contributed by atoms with Crippen molar-refractivity contribution in [1.29, 1.82) is 0 Å². The number of thiazole rings is 1. The second-order valence-electron chi connectivity index (χ2n) is 8.75. The van der Waals surface area contributed by atoms with E-state index in [1.807, 2.05) is 49.4 Å². The molecule has 0 saturated carbocycles. The van der Waals surface area contributed by atoms with Crippen LogP contribution < -0.4 is 4.72 Å². The van der Waals surface area contributed by atoms with Crippen LogP contribution in [0.2, 0.25) is 0 Å². The summed E-state index contributed by atoms with van der Waals surface area (Å²) in [5.74, 6) is 0.0197. The molecule has 1 fully saturated rings. The first kappa shape index (κ1) is 23.5. The Kier molecular flexibility index (Phi) is 6.37. The number of aryl methyl sites for hydroxylation is 3. The summed E-state index contributed by atoms with van der Waals surface area (Å²) < 4.78 is 31.0. The number of amides is 1. The van der Waals surface area contributed by atoms with E-state index in [1.165, 1.54) is 11.3 Å². The number of piperidine rings is 1. The predicted molar refractivity (Wildman–Crippen MR) is 132 cm³/mol. The van der Waals surface area contributed by atoms with Gasteiger partial charge in [0, 0.05) is 25.8 Å². The van der Waals surface area contributed by atoms with E-state index in [-0.39, 0.29) is 10.8 Å². The van der Waals surface area contributed by atoms with Gasteiger partial charge in [-0.3, -0.25) is 9.52 Å². The number of hydrogen-bond acceptors (Lipinski definition) is 5. The fraction of sp³-hybridized carbons (Fsp3) is 0.417. The second kappa shape index (κ2) is 8.95. The normalized spacial score (nSPS) is 14.5. The predicted octanol–water partition coefficient (Wildman–Crippen LogP) is 4.81. The van der Waals surface area contributed by atoms with Gasteiger partial charge in [-0.15, -0.1) is 11.3 Å². The SMILES string of the molecule is Cc1ccc(NS(=O)(=O)c2cc(-c3nc(C)c(C(=O)N4CCCCC4)s3)n(C)c2C)c(C)c1. The number of hydrogen-bond donors (Lipinski definition) is 1. The summed E-state index contributed by atoms with van der Waals surface area (Å²) in [5.41, 5.74) is 4.47. The van der Waals surface area contributed by atoms with Crippen molar-refractivity contribution in [1.82, 2.24) is 14.5 Å². The Hall–Kier alpha value is -2.65. The fourth-order valence-electron chi connectivity index (χ4n) is 4.22. The number of likely N-dealkylation sites (tertiary alicyclic amines) is 1. The van der Waals surface area contributed by atoms with Gasteiger partial charge in [-0.1, -0.05) is 17.7 Å². The van der Waals surface area contributed by atoms with Gasteiger partial charge in [0.15, 0.2) is 0 Å². The van der Waals surface area contributed by atoms with Crippen molar-refractivity contribution in [3.8, 4) is 10.7 Å². The lowest BCUT2D eigenvalue weighted by Crippen LogP contribution is -2.35. The number of anilines is 1. The largest absolute Gasteiger partial charge is 0.345 e. The van der Waals surface area contributed by atoms with Gasteiger partial charge in [0.25, 0.3) is 15.9 Å². The summed E-state index contributed by atoms with van der Waals surface area (Å²) in [5, 5.41) is 0.645. The van der Waals surface area contributed by atoms with E-state index in [0.717, 1.165) is 43.5 Å². The summed E-state index contributed by atoms with van der Waals surface area (Å²) in [7, 11) is -1.97. The first-order valence-corrected chi connectivity index (χ1v) is 13.4. The molecule has 33 heavy (non-hydrogen) atoms. The number of benzene rings is 1. The van der Waals surface area contributed by atoms with E-state index < -0.39 is 10.0 Å². The lowest BCUT2D eigenvalue weighted by atomic mass is 10.1. The third kappa shape index (κ3) is 4.56. The minimum absolute atomic E-state index is 0.0197. The summed E-state index contributed by atoms with van der Waals surface area (Å²) in [6.07, 6.45) is 3.22. The Balaban J connectivity index is 1.67. The van der Waals surface area contributed by atoms with Crippen LogP contribution in [0.1, 0.15) is 51.4 Å². The van der Waals surface area contributed by atoms with Gasteiger partial charge >= 0.3 is 0 Å². The molecule has 7 nitrogen and oxygen atoms in total. The molecular formula is C24H30N4O3S2. The Morgan fingerprint density at radius 3 is 2.42 bits per heavy atom. The van der Waals surface area contributed by atoms with Crippen LogP contribution in [-0.4, -0.2) is 41.9 Å². The van der Waals surface area contributed by atoms with Gasteiger partial charge in [-0.05, 0) is 64.7 Å². The zero-order chi connectivity index (χ0) is 23.9. The van der Waals surface area contributed by atoms with Crippen LogP contribution in [0.5, 0.6) is 0 Å². The molecule has 0 bridgehead atoms. The topological polar surface area (TPSA) is 84.3 Å². The summed E-state index contributed by atoms with van der Waals surface area (Å²) in [6.45, 7) is 9.03. The van der Waals surface area contributed by atoms with Crippen molar-refractivity contribution >= 4 is 33.0 Å². The second-order valence-corrected chi connectivity index (χ2v) is 11.4. The standard InChI is InChI=1S/C24H30N4O3S2/c1-15-9-10-19(16(2)13-15)26-33(30,31)21-14-20(27(5)18(21)4)23-25-17(3)22(32-23)24(29)28-11-7-6-8-12-28/h9-10,13-14,26H,6-8,11-12H2,1-5H3. The van der Waals surface area contributed by atoms with Crippen LogP contribution >= 0.6 is 11.3 Å². The molecule has 1 aliphatic rings. The van der Waals surface area contributed by atoms with Crippen molar-refractivity contribution in [3.63, 3.8) is 0 Å². The smallest absolute Gasteiger partial charge is 0.265 e. The average Bonchev–Trinajstić information content (AvgIpc) is 3.30. The zero-order valence-corrected chi connectivity index (χ0v) is 21.4. The van der Waals surface area contributed by atoms with Crippen molar-refractivity contribution < 1.29 is 13.2 Å². The number of sulfonamides is 1. The average molecular weight is 487 g/mol. The fourth-order valence-corrected chi connectivity index (χ4v) is 6.73. The van der Waals surface area contributed by atoms with E-state index >= 15 is 0 Å². The van der Waals surface area contributed by atoms with Crippen LogP contribution in [0.25, 0.3) is 10.7 Å². The van der Waals surface area contributed by atoms with E-state index in [1.54, 1.807) is 19.1 Å². The molecule has 9 heteroatoms. The van der Waals surface area contributed by atoms with Gasteiger partial charge in [-0.25, -0.2) is 13.4 Å². The molecule has 0 atom stereocenters. The van der Waals surface area contributed by atoms with Gasteiger partial charge in [0.05, 0.1) is 17.1 Å². The minimum Gasteiger partial charge on any atom is -0.345 e. The maximum absolute atomic E-state index is 13.2. The lowest BCUT2D eigenvalue weighted by Gasteiger charge is -2.26. The number of rotatable bonds is 5. The molecular weight excluding hydrogens is 456 g/mol. The number of carbonyl (C=O) groups is 1. The maximum Gasteiger partial charge on any atom is 0.265 e. The van der Waals surface area contributed by atoms with Crippen molar-refractivity contribution in [2.75, 3.05) is 17.8 Å². The molecule has 4 rings (SSSR count). The third-order valence-corrected chi connectivity index (χ3v) is 8.91. The molecule has 3 heterocycles. The van der Waals surface area contributed by atoms with Gasteiger partial charge < -0.3 is 9.47 Å². The molecule has 2 aromatic heterocycles. The van der Waals surface area contributed by atoms with Gasteiger partial charge in [0.2, 0.25) is 0 Å². The maximum atomic E-state index is 13.2. The Bertz CT molecular complexity index is 1320. The summed E-state index contributed by atoms with van der Waals surface area (Å²) in [4.78, 5) is 20.4. The van der Waals surface area contributed by atoms with Crippen LogP contribution in [0.15, 0.2) is 29.2 Å². The first-order valence-electron chi connectivity index (χ1n) is 11.1. The monoisotopic (exact) mass is 486 g/mol. The van der Waals surface area contributed by atoms with Crippen molar-refractivity contribution in [2.24, 2.45) is 7.05 Å². The van der Waals surface area contributed by atoms with E-state index in [4.69, 9.17) is 0 Å². The number of nitrogens with zero attached hydrogens (tertiary/aromatic N) is 3. The van der Waals surface area contributed by atoms with Crippen LogP contribution in [0.4, 0.5) is 5.69 Å². The Morgan fingerprint density at radius 2 is 1.76 bits per heavy atom. The third-order valence-electron chi connectivity index (χ3n) is 6.26. The van der Waals surface area contributed by atoms with Crippen molar-refractivity contribution in [3.05, 3.63) is 51.7 Å². The molecule has 3 aromatic rings. The molecule has 1 N–H and O–H groups in total. The van der Waals surface area contributed by atoms with Crippen LogP contribution in [0.3, 0.4) is 0 Å². The van der Waals surface area contributed by atoms with Crippen LogP contribution in [0, 0.1) is 27.7 Å². The Labute approximate surface area is 199 Å². The molecule has 0 aliphatic carbocycles. The highest BCUT2D eigenvalue weighted by molar-refractivity contribution is 7.92. The molecule has 1 amide bonds. The van der Waals surface area contributed by atoms with E-state index in [2.05, 4.69) is 9.71 Å². The van der Waals surface area contributed by atoms with E-state index in [0.29, 0.717) is 32.7 Å². The van der Waals surface area contributed by atoms with Crippen LogP contribution in [-0.2, 0) is 17.1 Å². The quantitative estimate of drug-likeness (QED) is 0.561. The lowest BCUT2D eigenvalue weighted by molar-refractivity contribution is 0.0728. The number of carbonyl (C=O) groups excluding carboxylic acids is 1. The highest BCUT2D eigenvalue weighted by atomic mass is 32.2. The first-order chi connectivity index (χ1) is 15.6. The molecule has 0 spiro atoms. The number of nitrogens with one attached hydrogen (secondary N) is 1. The highest BCUT2D eigenvalue weighted by Crippen LogP contribution is 2.34. The Morgan fingerprint density at radius 1 is 1.06 bits per heavy atom. The molecule has 0 radical (unpaired) electrons. The summed E-state index contributed by atoms with van der Waals surface area (Å²) >= 11 is 1.33. The molecule has 0 unspecified atom stereocenters. The molecule has 176 valence electrons. The van der Waals surface area contributed by atoms with Crippen molar-refractivity contribution in [2.45, 2.75) is 51.9 Å². The highest BCUT2D eigenvalue weighted by Gasteiger charge is 2.27. The molecule has 1 aromatic carbocycles. The number of aromatic nitrogens is 2. The van der Waals surface area contributed by atoms with E-state index in [9.17, 15) is 13.2 Å².